The van der Waals surface area contributed by atoms with E-state index in [-0.39, 0.29) is 5.91 Å². The lowest BCUT2D eigenvalue weighted by Crippen LogP contribution is -2.49. The average Bonchev–Trinajstić information content (AvgIpc) is 2.76. The number of benzene rings is 1. The number of hydrogen-bond donors (Lipinski definition) is 1. The molecule has 2 unspecified atom stereocenters. The molecular formula is C16H21ClN2O. The fraction of sp³-hybridized carbons (Fsp3) is 0.562. The van der Waals surface area contributed by atoms with E-state index in [9.17, 15) is 4.79 Å². The molecular weight excluding hydrogens is 272 g/mol. The van der Waals surface area contributed by atoms with Crippen molar-refractivity contribution in [2.24, 2.45) is 0 Å². The molecule has 1 N–H and O–H groups in total. The number of likely N-dealkylation sites (N-methyl/N-ethyl adjacent to an activating group) is 1. The summed E-state index contributed by atoms with van der Waals surface area (Å²) in [6.45, 7) is 0. The summed E-state index contributed by atoms with van der Waals surface area (Å²) in [4.78, 5) is 14.4. The van der Waals surface area contributed by atoms with E-state index in [0.717, 1.165) is 18.4 Å². The summed E-state index contributed by atoms with van der Waals surface area (Å²) in [5, 5.41) is 4.31. The van der Waals surface area contributed by atoms with Crippen LogP contribution in [0.25, 0.3) is 0 Å². The second kappa shape index (κ2) is 5.74. The molecule has 0 saturated carbocycles. The Hall–Kier alpha value is -1.06. The monoisotopic (exact) mass is 292 g/mol. The Morgan fingerprint density at radius 1 is 1.35 bits per heavy atom. The zero-order valence-electron chi connectivity index (χ0n) is 11.8. The number of nitrogens with zero attached hydrogens (tertiary/aromatic N) is 1. The van der Waals surface area contributed by atoms with Crippen molar-refractivity contribution < 1.29 is 4.79 Å². The number of halogens is 1. The second-order valence-electron chi connectivity index (χ2n) is 6.07. The molecule has 2 fully saturated rings. The zero-order chi connectivity index (χ0) is 14.1. The summed E-state index contributed by atoms with van der Waals surface area (Å²) in [6, 6.07) is 9.18. The van der Waals surface area contributed by atoms with E-state index >= 15 is 0 Å². The molecule has 2 atom stereocenters. The minimum absolute atomic E-state index is 0.193. The number of amides is 1. The lowest BCUT2D eigenvalue weighted by atomic mass is 9.98. The van der Waals surface area contributed by atoms with Crippen molar-refractivity contribution in [2.75, 3.05) is 7.05 Å². The van der Waals surface area contributed by atoms with Gasteiger partial charge in [0.15, 0.2) is 0 Å². The number of piperidine rings is 1. The van der Waals surface area contributed by atoms with Gasteiger partial charge in [-0.15, -0.1) is 0 Å². The van der Waals surface area contributed by atoms with E-state index in [1.54, 1.807) is 0 Å². The molecule has 2 aliphatic rings. The Bertz CT molecular complexity index is 493. The van der Waals surface area contributed by atoms with Gasteiger partial charge in [-0.2, -0.15) is 0 Å². The van der Waals surface area contributed by atoms with Crippen molar-refractivity contribution >= 4 is 17.5 Å². The van der Waals surface area contributed by atoms with Gasteiger partial charge in [-0.1, -0.05) is 23.7 Å². The van der Waals surface area contributed by atoms with Crippen LogP contribution in [0.3, 0.4) is 0 Å². The van der Waals surface area contributed by atoms with Gasteiger partial charge in [-0.25, -0.2) is 0 Å². The standard InChI is InChI=1S/C16H21ClN2O/c1-19(15-9-13-5-6-14(10-15)18-13)16(20)8-11-3-2-4-12(17)7-11/h2-4,7,13-15,18H,5-6,8-10H2,1H3. The van der Waals surface area contributed by atoms with E-state index in [4.69, 9.17) is 11.6 Å². The maximum Gasteiger partial charge on any atom is 0.226 e. The number of carbonyl (C=O) groups is 1. The Morgan fingerprint density at radius 2 is 2.05 bits per heavy atom. The topological polar surface area (TPSA) is 32.3 Å². The molecule has 0 aromatic heterocycles. The molecule has 3 rings (SSSR count). The third-order valence-corrected chi connectivity index (χ3v) is 4.87. The lowest BCUT2D eigenvalue weighted by Gasteiger charge is -2.35. The van der Waals surface area contributed by atoms with Crippen LogP contribution in [0.4, 0.5) is 0 Å². The van der Waals surface area contributed by atoms with E-state index < -0.39 is 0 Å². The highest BCUT2D eigenvalue weighted by Crippen LogP contribution is 2.29. The van der Waals surface area contributed by atoms with E-state index in [2.05, 4.69) is 5.32 Å². The van der Waals surface area contributed by atoms with Crippen molar-refractivity contribution in [2.45, 2.75) is 50.2 Å². The van der Waals surface area contributed by atoms with Gasteiger partial charge < -0.3 is 10.2 Å². The third kappa shape index (κ3) is 2.99. The molecule has 20 heavy (non-hydrogen) atoms. The van der Waals surface area contributed by atoms with E-state index in [1.807, 2.05) is 36.2 Å². The quantitative estimate of drug-likeness (QED) is 0.929. The number of fused-ring (bicyclic) bond motifs is 2. The Labute approximate surface area is 125 Å². The molecule has 2 saturated heterocycles. The van der Waals surface area contributed by atoms with Crippen molar-refractivity contribution in [3.05, 3.63) is 34.9 Å². The molecule has 1 aromatic carbocycles. The smallest absolute Gasteiger partial charge is 0.226 e. The zero-order valence-corrected chi connectivity index (χ0v) is 12.6. The van der Waals surface area contributed by atoms with Crippen LogP contribution in [0.5, 0.6) is 0 Å². The molecule has 2 heterocycles. The molecule has 1 amide bonds. The van der Waals surface area contributed by atoms with Crippen LogP contribution in [0.1, 0.15) is 31.2 Å². The number of carbonyl (C=O) groups excluding carboxylic acids is 1. The first kappa shape index (κ1) is 13.9. The molecule has 0 spiro atoms. The highest BCUT2D eigenvalue weighted by atomic mass is 35.5. The highest BCUT2D eigenvalue weighted by molar-refractivity contribution is 6.30. The van der Waals surface area contributed by atoms with Gasteiger partial charge in [0.25, 0.3) is 0 Å². The third-order valence-electron chi connectivity index (χ3n) is 4.63. The highest BCUT2D eigenvalue weighted by Gasteiger charge is 2.36. The molecule has 0 aliphatic carbocycles. The SMILES string of the molecule is CN(C(=O)Cc1cccc(Cl)c1)C1CC2CCC(C1)N2. The van der Waals surface area contributed by atoms with E-state index in [0.29, 0.717) is 29.6 Å². The first-order valence-electron chi connectivity index (χ1n) is 7.38. The predicted molar refractivity (Wildman–Crippen MR) is 80.9 cm³/mol. The summed E-state index contributed by atoms with van der Waals surface area (Å²) in [5.41, 5.74) is 0.992. The molecule has 2 bridgehead atoms. The Balaban J connectivity index is 1.62. The average molecular weight is 293 g/mol. The minimum Gasteiger partial charge on any atom is -0.342 e. The normalized spacial score (nSPS) is 28.4. The van der Waals surface area contributed by atoms with Crippen LogP contribution in [-0.2, 0) is 11.2 Å². The Kier molecular flexibility index (Phi) is 3.99. The van der Waals surface area contributed by atoms with Crippen molar-refractivity contribution in [3.8, 4) is 0 Å². The second-order valence-corrected chi connectivity index (χ2v) is 6.51. The first-order valence-corrected chi connectivity index (χ1v) is 7.76. The Morgan fingerprint density at radius 3 is 2.70 bits per heavy atom. The molecule has 3 nitrogen and oxygen atoms in total. The number of nitrogens with one attached hydrogen (secondary N) is 1. The predicted octanol–water partition coefficient (Wildman–Crippen LogP) is 2.62. The first-order chi connectivity index (χ1) is 9.61. The number of hydrogen-bond acceptors (Lipinski definition) is 2. The fourth-order valence-corrected chi connectivity index (χ4v) is 3.71. The summed E-state index contributed by atoms with van der Waals surface area (Å²) in [6.07, 6.45) is 5.15. The van der Waals surface area contributed by atoms with Gasteiger partial charge >= 0.3 is 0 Å². The maximum absolute atomic E-state index is 12.4. The van der Waals surface area contributed by atoms with Gasteiger partial charge in [0, 0.05) is 30.2 Å². The van der Waals surface area contributed by atoms with Crippen LogP contribution < -0.4 is 5.32 Å². The molecule has 2 aliphatic heterocycles. The van der Waals surface area contributed by atoms with Gasteiger partial charge in [-0.05, 0) is 43.4 Å². The van der Waals surface area contributed by atoms with Crippen LogP contribution >= 0.6 is 11.6 Å². The summed E-state index contributed by atoms with van der Waals surface area (Å²) in [5.74, 6) is 0.193. The molecule has 4 heteroatoms. The van der Waals surface area contributed by atoms with Crippen molar-refractivity contribution in [3.63, 3.8) is 0 Å². The summed E-state index contributed by atoms with van der Waals surface area (Å²) >= 11 is 5.97. The van der Waals surface area contributed by atoms with E-state index in [1.165, 1.54) is 12.8 Å². The minimum atomic E-state index is 0.193. The van der Waals surface area contributed by atoms with Crippen LogP contribution in [-0.4, -0.2) is 36.0 Å². The van der Waals surface area contributed by atoms with Gasteiger partial charge in [0.05, 0.1) is 6.42 Å². The van der Waals surface area contributed by atoms with Crippen LogP contribution in [0.2, 0.25) is 5.02 Å². The van der Waals surface area contributed by atoms with Crippen LogP contribution in [0, 0.1) is 0 Å². The fourth-order valence-electron chi connectivity index (χ4n) is 3.49. The summed E-state index contributed by atoms with van der Waals surface area (Å²) < 4.78 is 0. The largest absolute Gasteiger partial charge is 0.342 e. The summed E-state index contributed by atoms with van der Waals surface area (Å²) in [7, 11) is 1.95. The lowest BCUT2D eigenvalue weighted by molar-refractivity contribution is -0.131. The van der Waals surface area contributed by atoms with Gasteiger partial charge in [0.1, 0.15) is 0 Å². The van der Waals surface area contributed by atoms with Crippen molar-refractivity contribution in [1.29, 1.82) is 0 Å². The molecule has 0 radical (unpaired) electrons. The molecule has 108 valence electrons. The van der Waals surface area contributed by atoms with Gasteiger partial charge in [0.2, 0.25) is 5.91 Å². The maximum atomic E-state index is 12.4. The van der Waals surface area contributed by atoms with Crippen molar-refractivity contribution in [1.82, 2.24) is 10.2 Å². The number of rotatable bonds is 3. The van der Waals surface area contributed by atoms with Gasteiger partial charge in [-0.3, -0.25) is 4.79 Å². The van der Waals surface area contributed by atoms with Crippen LogP contribution in [0.15, 0.2) is 24.3 Å². The molecule has 1 aromatic rings.